The van der Waals surface area contributed by atoms with Crippen molar-refractivity contribution >= 4 is 11.8 Å². The molecule has 0 bridgehead atoms. The van der Waals surface area contributed by atoms with Gasteiger partial charge >= 0.3 is 6.09 Å². The van der Waals surface area contributed by atoms with Crippen LogP contribution in [0.3, 0.4) is 0 Å². The van der Waals surface area contributed by atoms with Crippen molar-refractivity contribution in [1.29, 1.82) is 0 Å². The molecule has 1 fully saturated rings. The summed E-state index contributed by atoms with van der Waals surface area (Å²) in [6, 6.07) is 5.68. The average molecular weight is 380 g/mol. The van der Waals surface area contributed by atoms with Crippen LogP contribution in [0.2, 0.25) is 0 Å². The van der Waals surface area contributed by atoms with E-state index in [2.05, 4.69) is 11.8 Å². The molecule has 7 nitrogen and oxygen atoms in total. The van der Waals surface area contributed by atoms with E-state index in [1.165, 1.54) is 0 Å². The first-order chi connectivity index (χ1) is 12.7. The quantitative estimate of drug-likeness (QED) is 0.605. The number of anilines is 1. The van der Waals surface area contributed by atoms with Crippen LogP contribution in [0, 0.1) is 0 Å². The molecule has 2 rings (SSSR count). The number of nitrogen functional groups attached to an aromatic ring is 1. The van der Waals surface area contributed by atoms with Crippen molar-refractivity contribution in [2.24, 2.45) is 0 Å². The van der Waals surface area contributed by atoms with Gasteiger partial charge in [0.15, 0.2) is 11.5 Å². The summed E-state index contributed by atoms with van der Waals surface area (Å²) in [5.74, 6) is 1.35. The van der Waals surface area contributed by atoms with Gasteiger partial charge in [-0.1, -0.05) is 0 Å². The topological polar surface area (TPSA) is 77.3 Å². The smallest absolute Gasteiger partial charge is 0.410 e. The molecular weight excluding hydrogens is 346 g/mol. The van der Waals surface area contributed by atoms with Crippen LogP contribution in [-0.2, 0) is 4.74 Å². The Morgan fingerprint density at radius 1 is 1.26 bits per heavy atom. The Hall–Kier alpha value is -2.15. The van der Waals surface area contributed by atoms with Gasteiger partial charge in [-0.2, -0.15) is 0 Å². The Kier molecular flexibility index (Phi) is 7.18. The van der Waals surface area contributed by atoms with E-state index in [1.54, 1.807) is 24.1 Å². The van der Waals surface area contributed by atoms with E-state index in [4.69, 9.17) is 19.9 Å². The fourth-order valence-electron chi connectivity index (χ4n) is 3.07. The van der Waals surface area contributed by atoms with E-state index in [-0.39, 0.29) is 12.1 Å². The Bertz CT molecular complexity index is 630. The second kappa shape index (κ2) is 9.17. The minimum Gasteiger partial charge on any atom is -0.493 e. The predicted molar refractivity (Wildman–Crippen MR) is 106 cm³/mol. The van der Waals surface area contributed by atoms with Gasteiger partial charge in [0.25, 0.3) is 0 Å². The van der Waals surface area contributed by atoms with Crippen LogP contribution in [0.1, 0.15) is 34.1 Å². The molecule has 1 aromatic rings. The normalized spacial score (nSPS) is 18.3. The number of rotatable bonds is 6. The van der Waals surface area contributed by atoms with E-state index in [0.717, 1.165) is 19.5 Å². The Balaban J connectivity index is 1.74. The molecule has 1 amide bonds. The van der Waals surface area contributed by atoms with Crippen LogP contribution in [0.15, 0.2) is 18.2 Å². The van der Waals surface area contributed by atoms with Crippen molar-refractivity contribution < 1.29 is 19.0 Å². The van der Waals surface area contributed by atoms with Crippen molar-refractivity contribution in [3.63, 3.8) is 0 Å². The van der Waals surface area contributed by atoms with Crippen molar-refractivity contribution in [2.75, 3.05) is 45.6 Å². The lowest BCUT2D eigenvalue weighted by atomic mass is 10.2. The molecule has 27 heavy (non-hydrogen) atoms. The summed E-state index contributed by atoms with van der Waals surface area (Å²) in [7, 11) is 1.60. The molecule has 0 unspecified atom stereocenters. The zero-order chi connectivity index (χ0) is 20.0. The number of piperazine rings is 1. The zero-order valence-corrected chi connectivity index (χ0v) is 17.2. The van der Waals surface area contributed by atoms with E-state index in [0.29, 0.717) is 36.9 Å². The Morgan fingerprint density at radius 2 is 2.00 bits per heavy atom. The number of methoxy groups -OCH3 is 1. The maximum absolute atomic E-state index is 12.2. The zero-order valence-electron chi connectivity index (χ0n) is 17.2. The number of hydrogen-bond donors (Lipinski definition) is 1. The van der Waals surface area contributed by atoms with Gasteiger partial charge in [-0.25, -0.2) is 4.79 Å². The minimum atomic E-state index is -0.460. The summed E-state index contributed by atoms with van der Waals surface area (Å²) in [5, 5.41) is 0. The van der Waals surface area contributed by atoms with E-state index < -0.39 is 5.60 Å². The predicted octanol–water partition coefficient (Wildman–Crippen LogP) is 2.99. The molecule has 0 aliphatic carbocycles. The van der Waals surface area contributed by atoms with Gasteiger partial charge in [0, 0.05) is 44.0 Å². The molecule has 1 aliphatic heterocycles. The summed E-state index contributed by atoms with van der Waals surface area (Å²) in [5.41, 5.74) is 5.95. The van der Waals surface area contributed by atoms with Crippen LogP contribution in [0.25, 0.3) is 0 Å². The molecule has 152 valence electrons. The third-order valence-corrected chi connectivity index (χ3v) is 4.45. The van der Waals surface area contributed by atoms with Crippen LogP contribution < -0.4 is 15.2 Å². The van der Waals surface area contributed by atoms with Gasteiger partial charge < -0.3 is 24.8 Å². The summed E-state index contributed by atoms with van der Waals surface area (Å²) >= 11 is 0. The van der Waals surface area contributed by atoms with Crippen LogP contribution in [-0.4, -0.2) is 67.4 Å². The summed E-state index contributed by atoms with van der Waals surface area (Å²) in [6.45, 7) is 11.5. The van der Waals surface area contributed by atoms with Gasteiger partial charge in [-0.15, -0.1) is 0 Å². The van der Waals surface area contributed by atoms with Crippen molar-refractivity contribution in [3.05, 3.63) is 18.2 Å². The number of benzene rings is 1. The van der Waals surface area contributed by atoms with Crippen molar-refractivity contribution in [3.8, 4) is 11.5 Å². The first-order valence-corrected chi connectivity index (χ1v) is 9.48. The van der Waals surface area contributed by atoms with E-state index in [1.807, 2.05) is 26.8 Å². The lowest BCUT2D eigenvalue weighted by Crippen LogP contribution is -2.54. The molecule has 1 aromatic carbocycles. The molecule has 0 spiro atoms. The van der Waals surface area contributed by atoms with Crippen LogP contribution in [0.5, 0.6) is 11.5 Å². The molecule has 1 atom stereocenters. The number of nitrogens with zero attached hydrogens (tertiary/aromatic N) is 2. The van der Waals surface area contributed by atoms with Gasteiger partial charge in [-0.3, -0.25) is 4.90 Å². The van der Waals surface area contributed by atoms with Gasteiger partial charge in [0.2, 0.25) is 0 Å². The fraction of sp³-hybridized carbons (Fsp3) is 0.650. The van der Waals surface area contributed by atoms with Crippen LogP contribution >= 0.6 is 0 Å². The first kappa shape index (κ1) is 21.2. The molecule has 1 saturated heterocycles. The number of ether oxygens (including phenoxy) is 3. The molecule has 2 N–H and O–H groups in total. The second-order valence-corrected chi connectivity index (χ2v) is 7.92. The SMILES string of the molecule is COc1cc(N)ccc1OCCCN1CCN(C(=O)OC(C)(C)C)C[C@H]1C. The molecule has 1 heterocycles. The standard InChI is InChI=1S/C20H33N3O4/c1-15-14-23(19(24)27-20(2,3)4)11-10-22(15)9-6-12-26-17-8-7-16(21)13-18(17)25-5/h7-8,13,15H,6,9-12,14,21H2,1-5H3/t15-/m1/s1. The first-order valence-electron chi connectivity index (χ1n) is 9.48. The van der Waals surface area contributed by atoms with Gasteiger partial charge in [0.05, 0.1) is 13.7 Å². The van der Waals surface area contributed by atoms with Gasteiger partial charge in [-0.05, 0) is 46.2 Å². The molecule has 1 aliphatic rings. The maximum atomic E-state index is 12.2. The number of amides is 1. The van der Waals surface area contributed by atoms with Crippen LogP contribution in [0.4, 0.5) is 10.5 Å². The third-order valence-electron chi connectivity index (χ3n) is 4.45. The minimum absolute atomic E-state index is 0.229. The lowest BCUT2D eigenvalue weighted by molar-refractivity contribution is 0.00523. The molecule has 0 radical (unpaired) electrons. The highest BCUT2D eigenvalue weighted by molar-refractivity contribution is 5.68. The third kappa shape index (κ3) is 6.50. The Labute approximate surface area is 162 Å². The van der Waals surface area contributed by atoms with Crippen molar-refractivity contribution in [1.82, 2.24) is 9.80 Å². The largest absolute Gasteiger partial charge is 0.493 e. The Morgan fingerprint density at radius 3 is 2.63 bits per heavy atom. The molecule has 7 heteroatoms. The molecule has 0 saturated carbocycles. The van der Waals surface area contributed by atoms with Gasteiger partial charge in [0.1, 0.15) is 5.60 Å². The molecular formula is C20H33N3O4. The van der Waals surface area contributed by atoms with Crippen molar-refractivity contribution in [2.45, 2.75) is 45.8 Å². The maximum Gasteiger partial charge on any atom is 0.410 e. The highest BCUT2D eigenvalue weighted by Crippen LogP contribution is 2.29. The number of carbonyl (C=O) groups is 1. The second-order valence-electron chi connectivity index (χ2n) is 7.92. The summed E-state index contributed by atoms with van der Waals surface area (Å²) < 4.78 is 16.6. The number of nitrogens with two attached hydrogens (primary N) is 1. The fourth-order valence-corrected chi connectivity index (χ4v) is 3.07. The number of hydrogen-bond acceptors (Lipinski definition) is 6. The molecule has 0 aromatic heterocycles. The highest BCUT2D eigenvalue weighted by Gasteiger charge is 2.29. The average Bonchev–Trinajstić information content (AvgIpc) is 2.59. The number of carbonyl (C=O) groups excluding carboxylic acids is 1. The lowest BCUT2D eigenvalue weighted by Gasteiger charge is -2.40. The summed E-state index contributed by atoms with van der Waals surface area (Å²) in [4.78, 5) is 16.4. The summed E-state index contributed by atoms with van der Waals surface area (Å²) in [6.07, 6.45) is 0.664. The monoisotopic (exact) mass is 379 g/mol. The van der Waals surface area contributed by atoms with E-state index >= 15 is 0 Å². The highest BCUT2D eigenvalue weighted by atomic mass is 16.6. The van der Waals surface area contributed by atoms with E-state index in [9.17, 15) is 4.79 Å².